The highest BCUT2D eigenvalue weighted by molar-refractivity contribution is 8.03. The van der Waals surface area contributed by atoms with E-state index in [4.69, 9.17) is 11.6 Å². The van der Waals surface area contributed by atoms with E-state index in [1.54, 1.807) is 31.2 Å². The molecule has 0 saturated heterocycles. The summed E-state index contributed by atoms with van der Waals surface area (Å²) in [4.78, 5) is 35.5. The SMILES string of the molecule is Cc1c(Cl)cccc1NC(=O)CSC1=C(C#N)C(c2ccccc2[N+](=O)[O-])CC(=O)N1. The van der Waals surface area contributed by atoms with Gasteiger partial charge >= 0.3 is 0 Å². The Kier molecular flexibility index (Phi) is 6.95. The number of halogens is 1. The lowest BCUT2D eigenvalue weighted by Gasteiger charge is -2.24. The molecule has 2 aromatic carbocycles. The van der Waals surface area contributed by atoms with Gasteiger partial charge in [0.1, 0.15) is 0 Å². The van der Waals surface area contributed by atoms with Crippen molar-refractivity contribution in [3.63, 3.8) is 0 Å². The number of nitrogens with one attached hydrogen (secondary N) is 2. The minimum absolute atomic E-state index is 0.0731. The van der Waals surface area contributed by atoms with Gasteiger partial charge in [-0.2, -0.15) is 5.26 Å². The predicted octanol–water partition coefficient (Wildman–Crippen LogP) is 4.27. The van der Waals surface area contributed by atoms with Crippen molar-refractivity contribution in [3.05, 3.63) is 79.3 Å². The van der Waals surface area contributed by atoms with E-state index in [0.29, 0.717) is 10.7 Å². The molecule has 0 radical (unpaired) electrons. The number of nitro groups is 1. The second-order valence-corrected chi connectivity index (χ2v) is 8.12. The van der Waals surface area contributed by atoms with E-state index in [1.807, 2.05) is 0 Å². The quantitative estimate of drug-likeness (QED) is 0.494. The van der Waals surface area contributed by atoms with Crippen LogP contribution in [0.15, 0.2) is 53.1 Å². The van der Waals surface area contributed by atoms with Gasteiger partial charge in [-0.1, -0.05) is 47.6 Å². The van der Waals surface area contributed by atoms with Crippen molar-refractivity contribution in [2.75, 3.05) is 11.1 Å². The van der Waals surface area contributed by atoms with Crippen LogP contribution >= 0.6 is 23.4 Å². The summed E-state index contributed by atoms with van der Waals surface area (Å²) < 4.78 is 0. The first-order chi connectivity index (χ1) is 14.8. The van der Waals surface area contributed by atoms with Crippen LogP contribution in [0.2, 0.25) is 5.02 Å². The van der Waals surface area contributed by atoms with E-state index in [-0.39, 0.29) is 45.8 Å². The minimum Gasteiger partial charge on any atom is -0.325 e. The van der Waals surface area contributed by atoms with E-state index < -0.39 is 10.8 Å². The summed E-state index contributed by atoms with van der Waals surface area (Å²) in [6.07, 6.45) is -0.0916. The number of nitriles is 1. The fraction of sp³-hybridized carbons (Fsp3) is 0.190. The molecule has 1 aliphatic heterocycles. The molecule has 158 valence electrons. The van der Waals surface area contributed by atoms with E-state index in [0.717, 1.165) is 17.3 Å². The third kappa shape index (κ3) is 5.05. The van der Waals surface area contributed by atoms with Crippen LogP contribution < -0.4 is 10.6 Å². The van der Waals surface area contributed by atoms with Crippen molar-refractivity contribution in [2.24, 2.45) is 0 Å². The number of allylic oxidation sites excluding steroid dienone is 1. The summed E-state index contributed by atoms with van der Waals surface area (Å²) in [6, 6.07) is 13.2. The number of hydrogen-bond acceptors (Lipinski definition) is 6. The molecule has 1 heterocycles. The highest BCUT2D eigenvalue weighted by Crippen LogP contribution is 2.39. The Balaban J connectivity index is 1.83. The van der Waals surface area contributed by atoms with Gasteiger partial charge in [0, 0.05) is 34.7 Å². The zero-order chi connectivity index (χ0) is 22.5. The summed E-state index contributed by atoms with van der Waals surface area (Å²) in [7, 11) is 0. The largest absolute Gasteiger partial charge is 0.325 e. The maximum absolute atomic E-state index is 12.4. The molecule has 0 spiro atoms. The average Bonchev–Trinajstić information content (AvgIpc) is 2.75. The molecule has 31 heavy (non-hydrogen) atoms. The zero-order valence-electron chi connectivity index (χ0n) is 16.3. The number of hydrogen-bond donors (Lipinski definition) is 2. The Hall–Kier alpha value is -3.35. The number of thioether (sulfide) groups is 1. The molecule has 1 aliphatic rings. The molecule has 2 aromatic rings. The monoisotopic (exact) mass is 456 g/mol. The maximum Gasteiger partial charge on any atom is 0.273 e. The highest BCUT2D eigenvalue weighted by Gasteiger charge is 2.33. The number of benzene rings is 2. The zero-order valence-corrected chi connectivity index (χ0v) is 17.9. The van der Waals surface area contributed by atoms with Gasteiger partial charge in [0.2, 0.25) is 11.8 Å². The molecule has 0 aromatic heterocycles. The third-order valence-electron chi connectivity index (χ3n) is 4.75. The molecule has 0 aliphatic carbocycles. The lowest BCUT2D eigenvalue weighted by molar-refractivity contribution is -0.385. The fourth-order valence-electron chi connectivity index (χ4n) is 3.21. The first-order valence-electron chi connectivity index (χ1n) is 9.17. The van der Waals surface area contributed by atoms with E-state index in [1.165, 1.54) is 18.2 Å². The number of amides is 2. The third-order valence-corrected chi connectivity index (χ3v) is 6.18. The normalized spacial score (nSPS) is 15.8. The molecular formula is C21H17ClN4O4S. The molecule has 3 rings (SSSR count). The smallest absolute Gasteiger partial charge is 0.273 e. The number of anilines is 1. The summed E-state index contributed by atoms with van der Waals surface area (Å²) in [5.41, 5.74) is 1.61. The number of nitrogens with zero attached hydrogens (tertiary/aromatic N) is 2. The lowest BCUT2D eigenvalue weighted by atomic mass is 9.86. The average molecular weight is 457 g/mol. The van der Waals surface area contributed by atoms with Crippen molar-refractivity contribution in [2.45, 2.75) is 19.3 Å². The molecule has 10 heteroatoms. The molecule has 0 fully saturated rings. The number of carbonyl (C=O) groups excluding carboxylic acids is 2. The van der Waals surface area contributed by atoms with Gasteiger partial charge in [0.05, 0.1) is 27.3 Å². The van der Waals surface area contributed by atoms with Crippen LogP contribution in [0.5, 0.6) is 0 Å². The molecule has 2 amide bonds. The summed E-state index contributed by atoms with van der Waals surface area (Å²) in [5, 5.41) is 27.2. The first-order valence-corrected chi connectivity index (χ1v) is 10.5. The Bertz CT molecular complexity index is 1140. The Morgan fingerprint density at radius 2 is 2.10 bits per heavy atom. The van der Waals surface area contributed by atoms with Gasteiger partial charge in [0.25, 0.3) is 5.69 Å². The van der Waals surface area contributed by atoms with Gasteiger partial charge in [-0.05, 0) is 24.6 Å². The Morgan fingerprint density at radius 1 is 1.35 bits per heavy atom. The summed E-state index contributed by atoms with van der Waals surface area (Å²) in [5.74, 6) is -1.56. The van der Waals surface area contributed by atoms with Crippen molar-refractivity contribution in [1.29, 1.82) is 5.26 Å². The molecular weight excluding hydrogens is 440 g/mol. The van der Waals surface area contributed by atoms with Crippen molar-refractivity contribution in [3.8, 4) is 6.07 Å². The summed E-state index contributed by atoms with van der Waals surface area (Å²) in [6.45, 7) is 1.78. The lowest BCUT2D eigenvalue weighted by Crippen LogP contribution is -2.31. The van der Waals surface area contributed by atoms with Crippen LogP contribution in [0.3, 0.4) is 0 Å². The predicted molar refractivity (Wildman–Crippen MR) is 119 cm³/mol. The van der Waals surface area contributed by atoms with Crippen LogP contribution in [0.1, 0.15) is 23.5 Å². The second-order valence-electron chi connectivity index (χ2n) is 6.72. The molecule has 1 unspecified atom stereocenters. The molecule has 8 nitrogen and oxygen atoms in total. The van der Waals surface area contributed by atoms with E-state index in [9.17, 15) is 25.0 Å². The van der Waals surface area contributed by atoms with Crippen molar-refractivity contribution in [1.82, 2.24) is 5.32 Å². The van der Waals surface area contributed by atoms with Gasteiger partial charge in [0.15, 0.2) is 0 Å². The Morgan fingerprint density at radius 3 is 2.81 bits per heavy atom. The number of carbonyl (C=O) groups is 2. The molecule has 0 saturated carbocycles. The molecule has 2 N–H and O–H groups in total. The van der Waals surface area contributed by atoms with Crippen LogP contribution in [-0.4, -0.2) is 22.5 Å². The van der Waals surface area contributed by atoms with Gasteiger partial charge < -0.3 is 10.6 Å². The first kappa shape index (κ1) is 22.3. The van der Waals surface area contributed by atoms with Gasteiger partial charge in [-0.25, -0.2) is 0 Å². The van der Waals surface area contributed by atoms with Crippen LogP contribution in [0, 0.1) is 28.4 Å². The van der Waals surface area contributed by atoms with Crippen molar-refractivity contribution < 1.29 is 14.5 Å². The standard InChI is InChI=1S/C21H17ClN4O4S/c1-12-16(22)6-4-7-17(12)24-20(28)11-31-21-15(10-23)14(9-19(27)25-21)13-5-2-3-8-18(13)26(29)30/h2-8,14H,9,11H2,1H3,(H,24,28)(H,25,27). The number of para-hydroxylation sites is 1. The Labute approximate surface area is 187 Å². The maximum atomic E-state index is 12.4. The van der Waals surface area contributed by atoms with Crippen LogP contribution in [-0.2, 0) is 9.59 Å². The highest BCUT2D eigenvalue weighted by atomic mass is 35.5. The molecule has 0 bridgehead atoms. The number of nitro benzene ring substituents is 1. The fourth-order valence-corrected chi connectivity index (χ4v) is 4.27. The summed E-state index contributed by atoms with van der Waals surface area (Å²) >= 11 is 7.06. The number of rotatable bonds is 6. The van der Waals surface area contributed by atoms with Gasteiger partial charge in [-0.3, -0.25) is 19.7 Å². The topological polar surface area (TPSA) is 125 Å². The van der Waals surface area contributed by atoms with E-state index in [2.05, 4.69) is 16.7 Å². The van der Waals surface area contributed by atoms with E-state index >= 15 is 0 Å². The second kappa shape index (κ2) is 9.64. The molecule has 1 atom stereocenters. The van der Waals surface area contributed by atoms with Crippen LogP contribution in [0.25, 0.3) is 0 Å². The van der Waals surface area contributed by atoms with Crippen molar-refractivity contribution >= 4 is 46.6 Å². The van der Waals surface area contributed by atoms with Crippen LogP contribution in [0.4, 0.5) is 11.4 Å². The van der Waals surface area contributed by atoms with Gasteiger partial charge in [-0.15, -0.1) is 0 Å². The minimum atomic E-state index is -0.763.